The molecule has 2 nitrogen and oxygen atoms in total. The Balaban J connectivity index is 1.85. The van der Waals surface area contributed by atoms with E-state index in [1.807, 2.05) is 12.4 Å². The summed E-state index contributed by atoms with van der Waals surface area (Å²) in [6.45, 7) is 0. The summed E-state index contributed by atoms with van der Waals surface area (Å²) in [5.74, 6) is 0. The molecule has 18 heavy (non-hydrogen) atoms. The molecule has 0 aliphatic heterocycles. The third kappa shape index (κ3) is 2.47. The van der Waals surface area contributed by atoms with Crippen LogP contribution < -0.4 is 5.32 Å². The van der Waals surface area contributed by atoms with Crippen LogP contribution in [0.15, 0.2) is 36.7 Å². The average molecular weight is 240 g/mol. The molecule has 0 amide bonds. The van der Waals surface area contributed by atoms with Gasteiger partial charge in [0, 0.05) is 34.9 Å². The number of hydrogen-bond acceptors (Lipinski definition) is 2. The van der Waals surface area contributed by atoms with Crippen LogP contribution in [0.4, 0.5) is 5.69 Å². The fraction of sp³-hybridized carbons (Fsp3) is 0.438. The van der Waals surface area contributed by atoms with Gasteiger partial charge in [0.1, 0.15) is 0 Å². The monoisotopic (exact) mass is 240 g/mol. The molecule has 1 aliphatic rings. The summed E-state index contributed by atoms with van der Waals surface area (Å²) >= 11 is 0. The lowest BCUT2D eigenvalue weighted by Gasteiger charge is -2.19. The molecule has 2 aromatic rings. The van der Waals surface area contributed by atoms with E-state index >= 15 is 0 Å². The van der Waals surface area contributed by atoms with Gasteiger partial charge in [-0.2, -0.15) is 0 Å². The lowest BCUT2D eigenvalue weighted by molar-refractivity contribution is 0.620. The standard InChI is InChI=1S/C16H20N2/c1-2-4-8-14(7-3-1)18-16-9-5-6-13-12-17-11-10-15(13)16/h5-6,9-12,14,18H,1-4,7-8H2. The van der Waals surface area contributed by atoms with Crippen molar-refractivity contribution in [1.82, 2.24) is 4.98 Å². The number of fused-ring (bicyclic) bond motifs is 1. The van der Waals surface area contributed by atoms with Gasteiger partial charge in [-0.25, -0.2) is 0 Å². The fourth-order valence-corrected chi connectivity index (χ4v) is 2.89. The Morgan fingerprint density at radius 2 is 1.83 bits per heavy atom. The molecule has 1 aromatic carbocycles. The van der Waals surface area contributed by atoms with Crippen molar-refractivity contribution in [3.8, 4) is 0 Å². The third-order valence-electron chi connectivity index (χ3n) is 3.90. The number of rotatable bonds is 2. The Bertz CT molecular complexity index is 508. The van der Waals surface area contributed by atoms with Crippen molar-refractivity contribution in [2.75, 3.05) is 5.32 Å². The topological polar surface area (TPSA) is 24.9 Å². The average Bonchev–Trinajstić information content (AvgIpc) is 2.68. The van der Waals surface area contributed by atoms with E-state index in [1.165, 1.54) is 55.0 Å². The van der Waals surface area contributed by atoms with E-state index in [0.717, 1.165) is 0 Å². The maximum Gasteiger partial charge on any atom is 0.0423 e. The summed E-state index contributed by atoms with van der Waals surface area (Å²) in [6.07, 6.45) is 12.0. The first-order chi connectivity index (χ1) is 8.93. The van der Waals surface area contributed by atoms with Crippen molar-refractivity contribution in [1.29, 1.82) is 0 Å². The van der Waals surface area contributed by atoms with Gasteiger partial charge in [-0.05, 0) is 25.0 Å². The number of nitrogens with one attached hydrogen (secondary N) is 1. The van der Waals surface area contributed by atoms with Crippen molar-refractivity contribution in [2.45, 2.75) is 44.6 Å². The summed E-state index contributed by atoms with van der Waals surface area (Å²) < 4.78 is 0. The van der Waals surface area contributed by atoms with Crippen LogP contribution in [0.3, 0.4) is 0 Å². The molecule has 0 saturated heterocycles. The normalized spacial score (nSPS) is 17.6. The van der Waals surface area contributed by atoms with Crippen LogP contribution in [0.2, 0.25) is 0 Å². The molecule has 1 fully saturated rings. The van der Waals surface area contributed by atoms with Gasteiger partial charge in [-0.3, -0.25) is 4.98 Å². The van der Waals surface area contributed by atoms with Crippen LogP contribution in [0.5, 0.6) is 0 Å². The summed E-state index contributed by atoms with van der Waals surface area (Å²) in [4.78, 5) is 4.19. The van der Waals surface area contributed by atoms with Gasteiger partial charge >= 0.3 is 0 Å². The second-order valence-electron chi connectivity index (χ2n) is 5.24. The second kappa shape index (κ2) is 5.38. The Hall–Kier alpha value is -1.57. The van der Waals surface area contributed by atoms with Crippen LogP contribution in [0.25, 0.3) is 10.8 Å². The van der Waals surface area contributed by atoms with Gasteiger partial charge in [-0.1, -0.05) is 37.8 Å². The van der Waals surface area contributed by atoms with Crippen molar-refractivity contribution >= 4 is 16.5 Å². The van der Waals surface area contributed by atoms with Crippen LogP contribution in [-0.4, -0.2) is 11.0 Å². The third-order valence-corrected chi connectivity index (χ3v) is 3.90. The maximum absolute atomic E-state index is 4.19. The SMILES string of the molecule is c1cc(NC2CCCCCC2)c2ccncc2c1. The summed E-state index contributed by atoms with van der Waals surface area (Å²) in [7, 11) is 0. The first kappa shape index (κ1) is 11.5. The van der Waals surface area contributed by atoms with Crippen LogP contribution in [0, 0.1) is 0 Å². The molecule has 0 radical (unpaired) electrons. The van der Waals surface area contributed by atoms with Crippen molar-refractivity contribution in [2.24, 2.45) is 0 Å². The highest BCUT2D eigenvalue weighted by molar-refractivity contribution is 5.93. The van der Waals surface area contributed by atoms with E-state index in [2.05, 4.69) is 34.6 Å². The minimum absolute atomic E-state index is 0.645. The van der Waals surface area contributed by atoms with E-state index in [4.69, 9.17) is 0 Å². The van der Waals surface area contributed by atoms with Crippen molar-refractivity contribution in [3.63, 3.8) is 0 Å². The lowest BCUT2D eigenvalue weighted by Crippen LogP contribution is -2.18. The molecule has 2 heteroatoms. The largest absolute Gasteiger partial charge is 0.382 e. The molecule has 0 unspecified atom stereocenters. The molecule has 1 aromatic heterocycles. The molecule has 3 rings (SSSR count). The Kier molecular flexibility index (Phi) is 3.44. The van der Waals surface area contributed by atoms with E-state index in [1.54, 1.807) is 0 Å². The number of nitrogens with zero attached hydrogens (tertiary/aromatic N) is 1. The summed E-state index contributed by atoms with van der Waals surface area (Å²) in [5, 5.41) is 6.24. The smallest absolute Gasteiger partial charge is 0.0423 e. The minimum Gasteiger partial charge on any atom is -0.382 e. The summed E-state index contributed by atoms with van der Waals surface area (Å²) in [5.41, 5.74) is 1.27. The van der Waals surface area contributed by atoms with Crippen LogP contribution >= 0.6 is 0 Å². The van der Waals surface area contributed by atoms with E-state index in [0.29, 0.717) is 6.04 Å². The van der Waals surface area contributed by atoms with Gasteiger partial charge in [0.2, 0.25) is 0 Å². The summed E-state index contributed by atoms with van der Waals surface area (Å²) in [6, 6.07) is 9.18. The van der Waals surface area contributed by atoms with Crippen LogP contribution in [0.1, 0.15) is 38.5 Å². The number of pyridine rings is 1. The lowest BCUT2D eigenvalue weighted by atomic mass is 10.1. The predicted molar refractivity (Wildman–Crippen MR) is 76.9 cm³/mol. The molecule has 1 aliphatic carbocycles. The highest BCUT2D eigenvalue weighted by Gasteiger charge is 2.12. The molecule has 0 spiro atoms. The molecule has 0 bridgehead atoms. The highest BCUT2D eigenvalue weighted by Crippen LogP contribution is 2.26. The first-order valence-corrected chi connectivity index (χ1v) is 7.03. The van der Waals surface area contributed by atoms with Gasteiger partial charge in [0.05, 0.1) is 0 Å². The zero-order chi connectivity index (χ0) is 12.2. The van der Waals surface area contributed by atoms with Crippen molar-refractivity contribution < 1.29 is 0 Å². The molecule has 0 atom stereocenters. The van der Waals surface area contributed by atoms with Gasteiger partial charge in [0.25, 0.3) is 0 Å². The predicted octanol–water partition coefficient (Wildman–Crippen LogP) is 4.37. The highest BCUT2D eigenvalue weighted by atomic mass is 14.9. The quantitative estimate of drug-likeness (QED) is 0.788. The first-order valence-electron chi connectivity index (χ1n) is 7.03. The van der Waals surface area contributed by atoms with Crippen LogP contribution in [-0.2, 0) is 0 Å². The van der Waals surface area contributed by atoms with Gasteiger partial charge in [-0.15, -0.1) is 0 Å². The number of aromatic nitrogens is 1. The fourth-order valence-electron chi connectivity index (χ4n) is 2.89. The molecule has 94 valence electrons. The van der Waals surface area contributed by atoms with E-state index in [9.17, 15) is 0 Å². The van der Waals surface area contributed by atoms with E-state index in [-0.39, 0.29) is 0 Å². The zero-order valence-corrected chi connectivity index (χ0v) is 10.7. The number of benzene rings is 1. The molecular weight excluding hydrogens is 220 g/mol. The van der Waals surface area contributed by atoms with Gasteiger partial charge < -0.3 is 5.32 Å². The molecule has 1 heterocycles. The Morgan fingerprint density at radius 1 is 1.00 bits per heavy atom. The van der Waals surface area contributed by atoms with E-state index < -0.39 is 0 Å². The molecule has 1 N–H and O–H groups in total. The zero-order valence-electron chi connectivity index (χ0n) is 10.7. The number of hydrogen-bond donors (Lipinski definition) is 1. The second-order valence-corrected chi connectivity index (χ2v) is 5.24. The molecular formula is C16H20N2. The number of anilines is 1. The Morgan fingerprint density at radius 3 is 2.67 bits per heavy atom. The maximum atomic E-state index is 4.19. The van der Waals surface area contributed by atoms with Gasteiger partial charge in [0.15, 0.2) is 0 Å². The molecule has 1 saturated carbocycles. The minimum atomic E-state index is 0.645. The Labute approximate surface area is 108 Å². The van der Waals surface area contributed by atoms with Crippen molar-refractivity contribution in [3.05, 3.63) is 36.7 Å².